The molecule has 1 aromatic heterocycles. The summed E-state index contributed by atoms with van der Waals surface area (Å²) in [7, 11) is 0. The molecule has 0 saturated heterocycles. The van der Waals surface area contributed by atoms with Gasteiger partial charge >= 0.3 is 0 Å². The Kier molecular flexibility index (Phi) is 5.04. The van der Waals surface area contributed by atoms with Crippen molar-refractivity contribution in [1.29, 1.82) is 0 Å². The predicted octanol–water partition coefficient (Wildman–Crippen LogP) is 3.57. The Morgan fingerprint density at radius 1 is 1.16 bits per heavy atom. The third kappa shape index (κ3) is 4.45. The maximum atomic E-state index is 5.67. The molecule has 3 nitrogen and oxygen atoms in total. The summed E-state index contributed by atoms with van der Waals surface area (Å²) in [4.78, 5) is 0. The van der Waals surface area contributed by atoms with Gasteiger partial charge < -0.3 is 14.5 Å². The fourth-order valence-corrected chi connectivity index (χ4v) is 1.82. The van der Waals surface area contributed by atoms with Crippen LogP contribution in [0.15, 0.2) is 47.3 Å². The number of rotatable bonds is 7. The highest BCUT2D eigenvalue weighted by Gasteiger charge is 1.99. The molecular weight excluding hydrogens is 238 g/mol. The molecule has 1 heterocycles. The molecule has 0 bridgehead atoms. The van der Waals surface area contributed by atoms with Gasteiger partial charge in [-0.3, -0.25) is 0 Å². The highest BCUT2D eigenvalue weighted by molar-refractivity contribution is 5.28. The van der Waals surface area contributed by atoms with Crippen molar-refractivity contribution in [1.82, 2.24) is 5.32 Å². The third-order valence-corrected chi connectivity index (χ3v) is 3.00. The Morgan fingerprint density at radius 2 is 1.95 bits per heavy atom. The Labute approximate surface area is 114 Å². The molecule has 2 aromatic rings. The number of hydrogen-bond donors (Lipinski definition) is 1. The van der Waals surface area contributed by atoms with Gasteiger partial charge in [0.15, 0.2) is 0 Å². The molecule has 1 aromatic carbocycles. The first-order chi connectivity index (χ1) is 9.25. The number of benzene rings is 1. The number of hydrogen-bond acceptors (Lipinski definition) is 3. The lowest BCUT2D eigenvalue weighted by Gasteiger charge is -2.09. The van der Waals surface area contributed by atoms with E-state index < -0.39 is 0 Å². The van der Waals surface area contributed by atoms with E-state index in [1.807, 2.05) is 18.2 Å². The van der Waals surface area contributed by atoms with E-state index in [2.05, 4.69) is 31.3 Å². The summed E-state index contributed by atoms with van der Waals surface area (Å²) in [5.74, 6) is 1.49. The van der Waals surface area contributed by atoms with Gasteiger partial charge in [-0.05, 0) is 29.7 Å². The van der Waals surface area contributed by atoms with E-state index in [1.54, 1.807) is 12.5 Å². The molecule has 0 radical (unpaired) electrons. The highest BCUT2D eigenvalue weighted by Crippen LogP contribution is 2.18. The second-order valence-corrected chi connectivity index (χ2v) is 4.88. The van der Waals surface area contributed by atoms with Crippen LogP contribution >= 0.6 is 0 Å². The van der Waals surface area contributed by atoms with Crippen LogP contribution < -0.4 is 10.1 Å². The van der Waals surface area contributed by atoms with Crippen LogP contribution in [0.25, 0.3) is 0 Å². The summed E-state index contributed by atoms with van der Waals surface area (Å²) < 4.78 is 10.7. The quantitative estimate of drug-likeness (QED) is 0.772. The maximum Gasteiger partial charge on any atom is 0.119 e. The van der Waals surface area contributed by atoms with Gasteiger partial charge in [-0.2, -0.15) is 0 Å². The van der Waals surface area contributed by atoms with Crippen molar-refractivity contribution >= 4 is 0 Å². The summed E-state index contributed by atoms with van der Waals surface area (Å²) >= 11 is 0. The lowest BCUT2D eigenvalue weighted by Crippen LogP contribution is -2.20. The zero-order valence-corrected chi connectivity index (χ0v) is 11.6. The lowest BCUT2D eigenvalue weighted by atomic mass is 10.0. The van der Waals surface area contributed by atoms with Gasteiger partial charge in [-0.25, -0.2) is 0 Å². The van der Waals surface area contributed by atoms with Crippen molar-refractivity contribution < 1.29 is 9.15 Å². The molecule has 0 aliphatic heterocycles. The minimum atomic E-state index is 0.561. The van der Waals surface area contributed by atoms with Crippen LogP contribution in [-0.4, -0.2) is 13.2 Å². The molecule has 2 rings (SSSR count). The van der Waals surface area contributed by atoms with Crippen molar-refractivity contribution in [2.45, 2.75) is 26.3 Å². The number of ether oxygens (including phenoxy) is 1. The minimum absolute atomic E-state index is 0.561. The summed E-state index contributed by atoms with van der Waals surface area (Å²) in [6, 6.07) is 10.3. The fourth-order valence-electron chi connectivity index (χ4n) is 1.82. The molecular formula is C16H21NO2. The number of nitrogens with one attached hydrogen (secondary N) is 1. The molecule has 1 N–H and O–H groups in total. The van der Waals surface area contributed by atoms with Gasteiger partial charge in [0.2, 0.25) is 0 Å². The van der Waals surface area contributed by atoms with E-state index in [0.29, 0.717) is 12.5 Å². The van der Waals surface area contributed by atoms with E-state index in [1.165, 1.54) is 5.56 Å². The van der Waals surface area contributed by atoms with Crippen molar-refractivity contribution in [3.05, 3.63) is 54.0 Å². The summed E-state index contributed by atoms with van der Waals surface area (Å²) in [6.07, 6.45) is 3.43. The monoisotopic (exact) mass is 259 g/mol. The van der Waals surface area contributed by atoms with Crippen LogP contribution in [0.3, 0.4) is 0 Å². The standard InChI is InChI=1S/C16H21NO2/c1-13(2)15-3-5-16(6-4-15)19-10-8-17-11-14-7-9-18-12-14/h3-7,9,12-13,17H,8,10-11H2,1-2H3. The Bertz CT molecular complexity index is 460. The lowest BCUT2D eigenvalue weighted by molar-refractivity contribution is 0.313. The van der Waals surface area contributed by atoms with Gasteiger partial charge in [0, 0.05) is 18.7 Å². The largest absolute Gasteiger partial charge is 0.492 e. The topological polar surface area (TPSA) is 34.4 Å². The first-order valence-corrected chi connectivity index (χ1v) is 6.70. The fraction of sp³-hybridized carbons (Fsp3) is 0.375. The van der Waals surface area contributed by atoms with Crippen LogP contribution in [0.1, 0.15) is 30.9 Å². The molecule has 0 spiro atoms. The third-order valence-electron chi connectivity index (χ3n) is 3.00. The van der Waals surface area contributed by atoms with Gasteiger partial charge in [-0.1, -0.05) is 26.0 Å². The maximum absolute atomic E-state index is 5.67. The van der Waals surface area contributed by atoms with Crippen LogP contribution in [0.4, 0.5) is 0 Å². The molecule has 19 heavy (non-hydrogen) atoms. The molecule has 0 fully saturated rings. The van der Waals surface area contributed by atoms with Gasteiger partial charge in [-0.15, -0.1) is 0 Å². The minimum Gasteiger partial charge on any atom is -0.492 e. The van der Waals surface area contributed by atoms with Crippen molar-refractivity contribution in [2.75, 3.05) is 13.2 Å². The molecule has 102 valence electrons. The second-order valence-electron chi connectivity index (χ2n) is 4.88. The molecule has 0 saturated carbocycles. The SMILES string of the molecule is CC(C)c1ccc(OCCNCc2ccoc2)cc1. The zero-order valence-electron chi connectivity index (χ0n) is 11.6. The molecule has 3 heteroatoms. The van der Waals surface area contributed by atoms with Crippen molar-refractivity contribution in [3.63, 3.8) is 0 Å². The highest BCUT2D eigenvalue weighted by atomic mass is 16.5. The Morgan fingerprint density at radius 3 is 2.58 bits per heavy atom. The molecule has 0 aliphatic carbocycles. The van der Waals surface area contributed by atoms with Crippen LogP contribution in [-0.2, 0) is 6.54 Å². The smallest absolute Gasteiger partial charge is 0.119 e. The van der Waals surface area contributed by atoms with Gasteiger partial charge in [0.25, 0.3) is 0 Å². The second kappa shape index (κ2) is 7.00. The van der Waals surface area contributed by atoms with E-state index in [-0.39, 0.29) is 0 Å². The van der Waals surface area contributed by atoms with E-state index in [4.69, 9.17) is 9.15 Å². The first kappa shape index (κ1) is 13.7. The van der Waals surface area contributed by atoms with E-state index >= 15 is 0 Å². The predicted molar refractivity (Wildman–Crippen MR) is 76.4 cm³/mol. The van der Waals surface area contributed by atoms with Crippen LogP contribution in [0.2, 0.25) is 0 Å². The summed E-state index contributed by atoms with van der Waals surface area (Å²) in [6.45, 7) is 6.67. The molecule has 0 unspecified atom stereocenters. The van der Waals surface area contributed by atoms with E-state index in [9.17, 15) is 0 Å². The Balaban J connectivity index is 1.65. The zero-order chi connectivity index (χ0) is 13.5. The van der Waals surface area contributed by atoms with Gasteiger partial charge in [0.1, 0.15) is 12.4 Å². The normalized spacial score (nSPS) is 10.9. The van der Waals surface area contributed by atoms with Crippen molar-refractivity contribution in [3.8, 4) is 5.75 Å². The van der Waals surface area contributed by atoms with Gasteiger partial charge in [0.05, 0.1) is 12.5 Å². The van der Waals surface area contributed by atoms with Crippen LogP contribution in [0, 0.1) is 0 Å². The van der Waals surface area contributed by atoms with E-state index in [0.717, 1.165) is 24.4 Å². The summed E-state index contributed by atoms with van der Waals surface area (Å²) in [5, 5.41) is 3.30. The molecule has 0 atom stereocenters. The molecule has 0 aliphatic rings. The van der Waals surface area contributed by atoms with Crippen LogP contribution in [0.5, 0.6) is 5.75 Å². The average Bonchev–Trinajstić information content (AvgIpc) is 2.92. The number of furan rings is 1. The Hall–Kier alpha value is -1.74. The van der Waals surface area contributed by atoms with Crippen molar-refractivity contribution in [2.24, 2.45) is 0 Å². The average molecular weight is 259 g/mol. The summed E-state index contributed by atoms with van der Waals surface area (Å²) in [5.41, 5.74) is 2.49. The molecule has 0 amide bonds. The first-order valence-electron chi connectivity index (χ1n) is 6.70.